The van der Waals surface area contributed by atoms with Crippen LogP contribution in [-0.4, -0.2) is 34.8 Å². The van der Waals surface area contributed by atoms with Crippen molar-refractivity contribution in [1.29, 1.82) is 0 Å². The van der Waals surface area contributed by atoms with E-state index < -0.39 is 5.97 Å². The summed E-state index contributed by atoms with van der Waals surface area (Å²) < 4.78 is 5.02. The number of aliphatic carboxylic acids is 1. The van der Waals surface area contributed by atoms with Crippen LogP contribution in [0.4, 0.5) is 0 Å². The lowest BCUT2D eigenvalue weighted by Crippen LogP contribution is -1.99. The highest BCUT2D eigenvalue weighted by Gasteiger charge is 2.16. The summed E-state index contributed by atoms with van der Waals surface area (Å²) in [6, 6.07) is 5.51. The van der Waals surface area contributed by atoms with Crippen LogP contribution in [0.2, 0.25) is 0 Å². The number of carbonyl (C=O) groups is 1. The van der Waals surface area contributed by atoms with Crippen LogP contribution in [0.3, 0.4) is 0 Å². The number of methoxy groups -OCH3 is 1. The average Bonchev–Trinajstić information content (AvgIpc) is 2.79. The monoisotopic (exact) mass is 278 g/mol. The lowest BCUT2D eigenvalue weighted by Gasteiger charge is -1.98. The molecule has 0 atom stereocenters. The predicted molar refractivity (Wildman–Crippen MR) is 72.3 cm³/mol. The Morgan fingerprint density at radius 3 is 2.95 bits per heavy atom. The van der Waals surface area contributed by atoms with E-state index in [0.29, 0.717) is 24.4 Å². The van der Waals surface area contributed by atoms with Gasteiger partial charge in [-0.05, 0) is 12.1 Å². The average molecular weight is 278 g/mol. The Hall–Kier alpha value is -1.79. The number of pyridine rings is 1. The molecular formula is C13H14N2O3S. The van der Waals surface area contributed by atoms with E-state index in [0.717, 1.165) is 9.88 Å². The number of nitrogens with zero attached hydrogens (tertiary/aromatic N) is 2. The number of thiazole rings is 1. The molecule has 2 heterocycles. The molecule has 0 aliphatic heterocycles. The van der Waals surface area contributed by atoms with Crippen LogP contribution in [0, 0.1) is 0 Å². The first-order valence-electron chi connectivity index (χ1n) is 5.81. The maximum atomic E-state index is 10.9. The van der Waals surface area contributed by atoms with Crippen LogP contribution in [0.1, 0.15) is 9.88 Å². The van der Waals surface area contributed by atoms with E-state index in [1.165, 1.54) is 11.3 Å². The summed E-state index contributed by atoms with van der Waals surface area (Å²) in [5.41, 5.74) is 1.37. The molecule has 100 valence electrons. The zero-order valence-electron chi connectivity index (χ0n) is 10.5. The van der Waals surface area contributed by atoms with Crippen molar-refractivity contribution in [2.45, 2.75) is 12.8 Å². The number of aromatic nitrogens is 2. The minimum absolute atomic E-state index is 0.0312. The fourth-order valence-electron chi connectivity index (χ4n) is 1.66. The molecule has 0 aliphatic rings. The molecule has 0 spiro atoms. The molecule has 6 heteroatoms. The minimum Gasteiger partial charge on any atom is -0.481 e. The van der Waals surface area contributed by atoms with Gasteiger partial charge in [0.05, 0.1) is 23.7 Å². The Balaban J connectivity index is 2.33. The van der Waals surface area contributed by atoms with Gasteiger partial charge in [-0.1, -0.05) is 6.07 Å². The summed E-state index contributed by atoms with van der Waals surface area (Å²) in [4.78, 5) is 20.4. The first-order valence-corrected chi connectivity index (χ1v) is 6.63. The van der Waals surface area contributed by atoms with Gasteiger partial charge in [-0.3, -0.25) is 9.78 Å². The minimum atomic E-state index is -0.862. The molecule has 0 amide bonds. The van der Waals surface area contributed by atoms with E-state index in [1.54, 1.807) is 13.3 Å². The molecule has 0 aliphatic carbocycles. The van der Waals surface area contributed by atoms with Crippen molar-refractivity contribution < 1.29 is 14.6 Å². The predicted octanol–water partition coefficient (Wildman–Crippen LogP) is 2.02. The number of hydrogen-bond donors (Lipinski definition) is 1. The van der Waals surface area contributed by atoms with Gasteiger partial charge in [0.1, 0.15) is 5.69 Å². The molecule has 0 fully saturated rings. The fourth-order valence-corrected chi connectivity index (χ4v) is 2.71. The van der Waals surface area contributed by atoms with Gasteiger partial charge in [0.15, 0.2) is 0 Å². The van der Waals surface area contributed by atoms with Gasteiger partial charge in [0, 0.05) is 24.6 Å². The molecule has 1 N–H and O–H groups in total. The van der Waals surface area contributed by atoms with Gasteiger partial charge in [0.25, 0.3) is 0 Å². The molecule has 0 saturated heterocycles. The maximum absolute atomic E-state index is 10.9. The Labute approximate surface area is 114 Å². The van der Waals surface area contributed by atoms with Crippen molar-refractivity contribution in [2.75, 3.05) is 13.7 Å². The first-order chi connectivity index (χ1) is 9.20. The van der Waals surface area contributed by atoms with Gasteiger partial charge in [-0.25, -0.2) is 4.98 Å². The van der Waals surface area contributed by atoms with Crippen molar-refractivity contribution >= 4 is 17.3 Å². The Morgan fingerprint density at radius 1 is 1.47 bits per heavy atom. The van der Waals surface area contributed by atoms with Crippen LogP contribution in [0.5, 0.6) is 0 Å². The standard InChI is InChI=1S/C13H14N2O3S/c1-18-7-5-11-15-13(9-4-2-3-6-14-9)10(19-11)8-12(16)17/h2-4,6H,5,7-8H2,1H3,(H,16,17). The summed E-state index contributed by atoms with van der Waals surface area (Å²) in [5, 5.41) is 9.83. The highest BCUT2D eigenvalue weighted by Crippen LogP contribution is 2.27. The molecule has 0 aromatic carbocycles. The molecule has 0 unspecified atom stereocenters. The van der Waals surface area contributed by atoms with E-state index >= 15 is 0 Å². The van der Waals surface area contributed by atoms with Crippen molar-refractivity contribution in [1.82, 2.24) is 9.97 Å². The lowest BCUT2D eigenvalue weighted by atomic mass is 10.2. The van der Waals surface area contributed by atoms with E-state index in [-0.39, 0.29) is 6.42 Å². The van der Waals surface area contributed by atoms with Gasteiger partial charge >= 0.3 is 5.97 Å². The van der Waals surface area contributed by atoms with Crippen molar-refractivity contribution in [3.05, 3.63) is 34.3 Å². The molecule has 5 nitrogen and oxygen atoms in total. The highest BCUT2D eigenvalue weighted by molar-refractivity contribution is 7.12. The molecule has 2 aromatic heterocycles. The van der Waals surface area contributed by atoms with E-state index in [4.69, 9.17) is 9.84 Å². The van der Waals surface area contributed by atoms with Crippen molar-refractivity contribution in [3.8, 4) is 11.4 Å². The Morgan fingerprint density at radius 2 is 2.32 bits per heavy atom. The smallest absolute Gasteiger partial charge is 0.308 e. The van der Waals surface area contributed by atoms with Crippen molar-refractivity contribution in [2.24, 2.45) is 0 Å². The Kier molecular flexibility index (Phi) is 4.59. The third-order valence-corrected chi connectivity index (χ3v) is 3.60. The Bertz CT molecular complexity index is 554. The topological polar surface area (TPSA) is 72.3 Å². The summed E-state index contributed by atoms with van der Waals surface area (Å²) in [5.74, 6) is -0.862. The quantitative estimate of drug-likeness (QED) is 0.875. The normalized spacial score (nSPS) is 10.6. The summed E-state index contributed by atoms with van der Waals surface area (Å²) in [6.07, 6.45) is 2.32. The van der Waals surface area contributed by atoms with Crippen LogP contribution >= 0.6 is 11.3 Å². The number of rotatable bonds is 6. The zero-order chi connectivity index (χ0) is 13.7. The summed E-state index contributed by atoms with van der Waals surface area (Å²) in [7, 11) is 1.63. The van der Waals surface area contributed by atoms with Crippen LogP contribution in [0.15, 0.2) is 24.4 Å². The van der Waals surface area contributed by atoms with Gasteiger partial charge in [0.2, 0.25) is 0 Å². The van der Waals surface area contributed by atoms with Gasteiger partial charge < -0.3 is 9.84 Å². The highest BCUT2D eigenvalue weighted by atomic mass is 32.1. The van der Waals surface area contributed by atoms with E-state index in [1.807, 2.05) is 18.2 Å². The van der Waals surface area contributed by atoms with Crippen LogP contribution in [0.25, 0.3) is 11.4 Å². The fraction of sp³-hybridized carbons (Fsp3) is 0.308. The molecule has 2 rings (SSSR count). The lowest BCUT2D eigenvalue weighted by molar-refractivity contribution is -0.136. The largest absolute Gasteiger partial charge is 0.481 e. The van der Waals surface area contributed by atoms with Crippen LogP contribution in [-0.2, 0) is 22.4 Å². The molecule has 0 radical (unpaired) electrons. The third kappa shape index (κ3) is 3.59. The number of ether oxygens (including phenoxy) is 1. The first kappa shape index (κ1) is 13.6. The van der Waals surface area contributed by atoms with Gasteiger partial charge in [-0.2, -0.15) is 0 Å². The zero-order valence-corrected chi connectivity index (χ0v) is 11.3. The SMILES string of the molecule is COCCc1nc(-c2ccccn2)c(CC(=O)O)s1. The molecule has 19 heavy (non-hydrogen) atoms. The number of carboxylic acid groups (broad SMARTS) is 1. The van der Waals surface area contributed by atoms with E-state index in [9.17, 15) is 4.79 Å². The second-order valence-electron chi connectivity index (χ2n) is 3.91. The van der Waals surface area contributed by atoms with Crippen LogP contribution < -0.4 is 0 Å². The summed E-state index contributed by atoms with van der Waals surface area (Å²) in [6.45, 7) is 0.571. The van der Waals surface area contributed by atoms with Crippen molar-refractivity contribution in [3.63, 3.8) is 0 Å². The maximum Gasteiger partial charge on any atom is 0.308 e. The molecular weight excluding hydrogens is 264 g/mol. The number of hydrogen-bond acceptors (Lipinski definition) is 5. The second kappa shape index (κ2) is 6.40. The number of carboxylic acids is 1. The second-order valence-corrected chi connectivity index (χ2v) is 5.08. The molecule has 0 bridgehead atoms. The molecule has 0 saturated carbocycles. The summed E-state index contributed by atoms with van der Waals surface area (Å²) >= 11 is 1.41. The van der Waals surface area contributed by atoms with E-state index in [2.05, 4.69) is 9.97 Å². The third-order valence-electron chi connectivity index (χ3n) is 2.48. The van der Waals surface area contributed by atoms with Gasteiger partial charge in [-0.15, -0.1) is 11.3 Å². The molecule has 2 aromatic rings.